The molecule has 1 aromatic rings. The van der Waals surface area contributed by atoms with Gasteiger partial charge in [0.15, 0.2) is 0 Å². The number of carbonyl (C=O) groups is 2. The molecule has 0 spiro atoms. The average Bonchev–Trinajstić information content (AvgIpc) is 3.01. The average molecular weight is 335 g/mol. The number of aliphatic carboxylic acids is 1. The number of amides is 2. The van der Waals surface area contributed by atoms with Gasteiger partial charge in [0.1, 0.15) is 5.82 Å². The summed E-state index contributed by atoms with van der Waals surface area (Å²) in [6.45, 7) is 2.64. The summed E-state index contributed by atoms with van der Waals surface area (Å²) >= 11 is 0. The second kappa shape index (κ2) is 7.11. The monoisotopic (exact) mass is 335 g/mol. The van der Waals surface area contributed by atoms with Crippen molar-refractivity contribution in [3.63, 3.8) is 0 Å². The highest BCUT2D eigenvalue weighted by Crippen LogP contribution is 2.20. The van der Waals surface area contributed by atoms with Crippen LogP contribution in [0.15, 0.2) is 12.3 Å². The van der Waals surface area contributed by atoms with Gasteiger partial charge in [0.05, 0.1) is 12.1 Å². The van der Waals surface area contributed by atoms with E-state index in [1.165, 1.54) is 0 Å². The third-order valence-electron chi connectivity index (χ3n) is 4.93. The number of nitrogens with zero attached hydrogens (tertiary/aromatic N) is 4. The van der Waals surface area contributed by atoms with Crippen LogP contribution in [-0.4, -0.2) is 64.0 Å². The molecular formula is C16H25N5O3. The number of carboxylic acid groups (broad SMARTS) is 1. The number of rotatable bonds is 3. The van der Waals surface area contributed by atoms with Crippen LogP contribution in [0.3, 0.4) is 0 Å². The summed E-state index contributed by atoms with van der Waals surface area (Å²) < 4.78 is 1.84. The third kappa shape index (κ3) is 3.63. The fraction of sp³-hybridized carbons (Fsp3) is 0.688. The highest BCUT2D eigenvalue weighted by molar-refractivity contribution is 5.77. The van der Waals surface area contributed by atoms with E-state index in [4.69, 9.17) is 5.11 Å². The summed E-state index contributed by atoms with van der Waals surface area (Å²) in [6.07, 6.45) is 5.12. The summed E-state index contributed by atoms with van der Waals surface area (Å²) in [4.78, 5) is 27.5. The molecule has 2 amide bonds. The number of likely N-dealkylation sites (tertiary alicyclic amines) is 1. The van der Waals surface area contributed by atoms with Gasteiger partial charge in [-0.25, -0.2) is 4.79 Å². The molecule has 1 aromatic heterocycles. The minimum absolute atomic E-state index is 0.0753. The Kier molecular flexibility index (Phi) is 4.92. The smallest absolute Gasteiger partial charge is 0.317 e. The van der Waals surface area contributed by atoms with E-state index in [-0.39, 0.29) is 12.1 Å². The van der Waals surface area contributed by atoms with E-state index in [0.717, 1.165) is 38.2 Å². The molecule has 2 saturated heterocycles. The molecule has 8 heteroatoms. The lowest BCUT2D eigenvalue weighted by Crippen LogP contribution is -2.54. The maximum atomic E-state index is 12.5. The number of nitrogens with one attached hydrogen (secondary N) is 1. The van der Waals surface area contributed by atoms with Crippen LogP contribution in [0.5, 0.6) is 0 Å². The van der Waals surface area contributed by atoms with Crippen molar-refractivity contribution in [2.75, 3.05) is 31.1 Å². The molecule has 0 aromatic carbocycles. The second-order valence-electron chi connectivity index (χ2n) is 6.67. The first-order chi connectivity index (χ1) is 11.5. The Morgan fingerprint density at radius 3 is 2.75 bits per heavy atom. The molecule has 2 aliphatic rings. The predicted molar refractivity (Wildman–Crippen MR) is 88.9 cm³/mol. The topological polar surface area (TPSA) is 90.7 Å². The zero-order chi connectivity index (χ0) is 17.1. The molecule has 24 heavy (non-hydrogen) atoms. The number of hydrogen-bond acceptors (Lipinski definition) is 4. The zero-order valence-corrected chi connectivity index (χ0v) is 14.0. The van der Waals surface area contributed by atoms with Crippen LogP contribution in [0.1, 0.15) is 25.7 Å². The van der Waals surface area contributed by atoms with Crippen LogP contribution in [0, 0.1) is 5.92 Å². The SMILES string of the molecule is Cn1nccc1N1CCCC(NC(=O)N2CCCC(C(=O)O)C2)C1. The van der Waals surface area contributed by atoms with Gasteiger partial charge in [-0.1, -0.05) is 0 Å². The first-order valence-corrected chi connectivity index (χ1v) is 8.56. The van der Waals surface area contributed by atoms with Crippen molar-refractivity contribution in [1.82, 2.24) is 20.0 Å². The van der Waals surface area contributed by atoms with Gasteiger partial charge in [-0.3, -0.25) is 9.48 Å². The minimum atomic E-state index is -0.812. The molecule has 3 rings (SSSR count). The van der Waals surface area contributed by atoms with E-state index in [1.807, 2.05) is 17.8 Å². The van der Waals surface area contributed by atoms with Gasteiger partial charge in [-0.05, 0) is 25.7 Å². The Bertz CT molecular complexity index is 602. The summed E-state index contributed by atoms with van der Waals surface area (Å²) in [7, 11) is 1.91. The quantitative estimate of drug-likeness (QED) is 0.856. The lowest BCUT2D eigenvalue weighted by molar-refractivity contribution is -0.143. The summed E-state index contributed by atoms with van der Waals surface area (Å²) in [5, 5.41) is 16.4. The molecule has 8 nitrogen and oxygen atoms in total. The van der Waals surface area contributed by atoms with Crippen molar-refractivity contribution in [3.05, 3.63) is 12.3 Å². The third-order valence-corrected chi connectivity index (χ3v) is 4.93. The van der Waals surface area contributed by atoms with E-state index in [0.29, 0.717) is 19.5 Å². The number of anilines is 1. The fourth-order valence-corrected chi connectivity index (χ4v) is 3.61. The Balaban J connectivity index is 1.56. The number of urea groups is 1. The normalized spacial score (nSPS) is 24.7. The Morgan fingerprint density at radius 1 is 1.25 bits per heavy atom. The van der Waals surface area contributed by atoms with Crippen LogP contribution < -0.4 is 10.2 Å². The fourth-order valence-electron chi connectivity index (χ4n) is 3.61. The maximum Gasteiger partial charge on any atom is 0.317 e. The standard InChI is InChI=1S/C16H25N5O3/c1-19-14(6-7-17-19)20-8-3-5-13(11-20)18-16(24)21-9-2-4-12(10-21)15(22)23/h6-7,12-13H,2-5,8-11H2,1H3,(H,18,24)(H,22,23). The molecule has 2 N–H and O–H groups in total. The van der Waals surface area contributed by atoms with Gasteiger partial charge in [0.25, 0.3) is 0 Å². The van der Waals surface area contributed by atoms with Gasteiger partial charge >= 0.3 is 12.0 Å². The summed E-state index contributed by atoms with van der Waals surface area (Å²) in [5.74, 6) is -0.202. The molecule has 2 atom stereocenters. The highest BCUT2D eigenvalue weighted by Gasteiger charge is 2.30. The molecule has 2 fully saturated rings. The number of carbonyl (C=O) groups excluding carboxylic acids is 1. The van der Waals surface area contributed by atoms with Crippen LogP contribution in [0.4, 0.5) is 10.6 Å². The van der Waals surface area contributed by atoms with E-state index < -0.39 is 11.9 Å². The molecule has 2 unspecified atom stereocenters. The van der Waals surface area contributed by atoms with Gasteiger partial charge < -0.3 is 20.2 Å². The van der Waals surface area contributed by atoms with E-state index in [1.54, 1.807) is 11.1 Å². The Hall–Kier alpha value is -2.25. The van der Waals surface area contributed by atoms with Crippen LogP contribution in [0.2, 0.25) is 0 Å². The van der Waals surface area contributed by atoms with Crippen molar-refractivity contribution in [2.24, 2.45) is 13.0 Å². The van der Waals surface area contributed by atoms with E-state index >= 15 is 0 Å². The Morgan fingerprint density at radius 2 is 2.04 bits per heavy atom. The molecule has 0 saturated carbocycles. The summed E-state index contributed by atoms with van der Waals surface area (Å²) in [6, 6.07) is 1.91. The maximum absolute atomic E-state index is 12.5. The second-order valence-corrected chi connectivity index (χ2v) is 6.67. The number of aryl methyl sites for hydroxylation is 1. The molecule has 3 heterocycles. The van der Waals surface area contributed by atoms with Gasteiger partial charge in [0.2, 0.25) is 0 Å². The van der Waals surface area contributed by atoms with Gasteiger partial charge in [-0.2, -0.15) is 5.10 Å². The van der Waals surface area contributed by atoms with Crippen molar-refractivity contribution in [2.45, 2.75) is 31.7 Å². The molecule has 132 valence electrons. The lowest BCUT2D eigenvalue weighted by Gasteiger charge is -2.37. The van der Waals surface area contributed by atoms with Crippen LogP contribution >= 0.6 is 0 Å². The molecule has 0 aliphatic carbocycles. The molecule has 0 radical (unpaired) electrons. The molecule has 2 aliphatic heterocycles. The van der Waals surface area contributed by atoms with Crippen LogP contribution in [0.25, 0.3) is 0 Å². The van der Waals surface area contributed by atoms with Crippen LogP contribution in [-0.2, 0) is 11.8 Å². The minimum Gasteiger partial charge on any atom is -0.481 e. The predicted octanol–water partition coefficient (Wildman–Crippen LogP) is 0.895. The van der Waals surface area contributed by atoms with E-state index in [9.17, 15) is 9.59 Å². The van der Waals surface area contributed by atoms with E-state index in [2.05, 4.69) is 15.3 Å². The van der Waals surface area contributed by atoms with Crippen molar-refractivity contribution < 1.29 is 14.7 Å². The van der Waals surface area contributed by atoms with Crippen molar-refractivity contribution in [1.29, 1.82) is 0 Å². The molecule has 0 bridgehead atoms. The summed E-state index contributed by atoms with van der Waals surface area (Å²) in [5.41, 5.74) is 0. The molecular weight excluding hydrogens is 310 g/mol. The largest absolute Gasteiger partial charge is 0.481 e. The lowest BCUT2D eigenvalue weighted by atomic mass is 9.98. The first kappa shape index (κ1) is 16.6. The van der Waals surface area contributed by atoms with Gasteiger partial charge in [-0.15, -0.1) is 0 Å². The number of piperidine rings is 2. The number of hydrogen-bond donors (Lipinski definition) is 2. The van der Waals surface area contributed by atoms with Crippen molar-refractivity contribution in [3.8, 4) is 0 Å². The number of aromatic nitrogens is 2. The number of carboxylic acids is 1. The van der Waals surface area contributed by atoms with Gasteiger partial charge in [0, 0.05) is 45.3 Å². The zero-order valence-electron chi connectivity index (χ0n) is 14.0. The Labute approximate surface area is 141 Å². The van der Waals surface area contributed by atoms with Crippen molar-refractivity contribution >= 4 is 17.8 Å². The first-order valence-electron chi connectivity index (χ1n) is 8.56. The highest BCUT2D eigenvalue weighted by atomic mass is 16.4.